The highest BCUT2D eigenvalue weighted by atomic mass is 15.3. The van der Waals surface area contributed by atoms with E-state index in [2.05, 4.69) is 16.3 Å². The first kappa shape index (κ1) is 14.8. The molecule has 1 rings (SSSR count). The molecule has 1 N–H and O–H groups in total. The second kappa shape index (κ2) is 6.59. The van der Waals surface area contributed by atoms with Crippen LogP contribution in [0.5, 0.6) is 0 Å². The predicted octanol–water partition coefficient (Wildman–Crippen LogP) is 1.79. The monoisotopic (exact) mass is 255 g/mol. The fourth-order valence-corrected chi connectivity index (χ4v) is 2.37. The van der Waals surface area contributed by atoms with Crippen molar-refractivity contribution in [2.45, 2.75) is 32.9 Å². The van der Waals surface area contributed by atoms with Gasteiger partial charge in [-0.15, -0.1) is 0 Å². The van der Waals surface area contributed by atoms with E-state index in [0.29, 0.717) is 11.1 Å². The normalized spacial score (nSPS) is 18.9. The van der Waals surface area contributed by atoms with Gasteiger partial charge in [-0.05, 0) is 39.3 Å². The molecule has 0 aromatic rings. The smallest absolute Gasteiger partial charge is 0.133 e. The lowest BCUT2D eigenvalue weighted by Crippen LogP contribution is -2.38. The average Bonchev–Trinajstić information content (AvgIpc) is 2.89. The van der Waals surface area contributed by atoms with E-state index in [-0.39, 0.29) is 11.7 Å². The number of nitrogens with one attached hydrogen (secondary N) is 1. The molecule has 1 atom stereocenters. The lowest BCUT2D eigenvalue weighted by atomic mass is 10.0. The lowest BCUT2D eigenvalue weighted by molar-refractivity contribution is 0.286. The minimum atomic E-state index is -0.00361. The van der Waals surface area contributed by atoms with E-state index in [9.17, 15) is 5.26 Å². The Hall–Kier alpha value is -2.29. The van der Waals surface area contributed by atoms with Gasteiger partial charge in [0.05, 0.1) is 11.7 Å². The van der Waals surface area contributed by atoms with Gasteiger partial charge in [-0.25, -0.2) is 0 Å². The highest BCUT2D eigenvalue weighted by Crippen LogP contribution is 2.25. The molecule has 98 valence electrons. The zero-order valence-corrected chi connectivity index (χ0v) is 11.5. The Morgan fingerprint density at radius 3 is 2.26 bits per heavy atom. The molecule has 1 aliphatic heterocycles. The molecule has 0 aliphatic carbocycles. The van der Waals surface area contributed by atoms with Crippen molar-refractivity contribution in [3.63, 3.8) is 0 Å². The van der Waals surface area contributed by atoms with Crippen molar-refractivity contribution in [2.75, 3.05) is 13.6 Å². The Labute approximate surface area is 114 Å². The van der Waals surface area contributed by atoms with E-state index in [0.717, 1.165) is 25.1 Å². The maximum atomic E-state index is 9.32. The van der Waals surface area contributed by atoms with Crippen LogP contribution in [0.25, 0.3) is 0 Å². The summed E-state index contributed by atoms with van der Waals surface area (Å²) in [6.07, 6.45) is 2.30. The molecule has 0 bridgehead atoms. The summed E-state index contributed by atoms with van der Waals surface area (Å²) in [5.41, 5.74) is 1.68. The summed E-state index contributed by atoms with van der Waals surface area (Å²) in [5.74, 6) is 0. The van der Waals surface area contributed by atoms with Gasteiger partial charge in [-0.3, -0.25) is 0 Å². The van der Waals surface area contributed by atoms with Crippen LogP contribution in [0.3, 0.4) is 0 Å². The molecule has 5 nitrogen and oxygen atoms in total. The number of nitrogens with zero attached hydrogens (tertiary/aromatic N) is 4. The summed E-state index contributed by atoms with van der Waals surface area (Å²) < 4.78 is 0. The van der Waals surface area contributed by atoms with E-state index in [1.807, 2.05) is 26.1 Å². The molecule has 1 aliphatic rings. The predicted molar refractivity (Wildman–Crippen MR) is 71.0 cm³/mol. The van der Waals surface area contributed by atoms with Gasteiger partial charge < -0.3 is 10.2 Å². The molecule has 0 aromatic carbocycles. The van der Waals surface area contributed by atoms with Crippen molar-refractivity contribution in [3.05, 3.63) is 22.4 Å². The third kappa shape index (κ3) is 2.94. The van der Waals surface area contributed by atoms with Crippen LogP contribution in [0.4, 0.5) is 0 Å². The maximum Gasteiger partial charge on any atom is 0.133 e. The van der Waals surface area contributed by atoms with E-state index in [1.165, 1.54) is 0 Å². The van der Waals surface area contributed by atoms with Crippen molar-refractivity contribution in [1.82, 2.24) is 10.2 Å². The van der Waals surface area contributed by atoms with Crippen LogP contribution in [-0.4, -0.2) is 24.7 Å². The average molecular weight is 255 g/mol. The molecule has 1 saturated heterocycles. The SMILES string of the molecule is CNC1CCCN1/C(C)=C(\C#N)C(C)=C(C#N)C#N. The van der Waals surface area contributed by atoms with Crippen molar-refractivity contribution >= 4 is 0 Å². The fraction of sp³-hybridized carbons (Fsp3) is 0.500. The standard InChI is InChI=1S/C14H17N5/c1-10(12(7-15)8-16)13(9-17)11(2)19-6-4-5-14(19)18-3/h14,18H,4-6H2,1-3H3/b13-11+. The molecule has 19 heavy (non-hydrogen) atoms. The Bertz CT molecular complexity index is 520. The topological polar surface area (TPSA) is 86.6 Å². The first-order valence-corrected chi connectivity index (χ1v) is 6.17. The second-order valence-electron chi connectivity index (χ2n) is 4.44. The summed E-state index contributed by atoms with van der Waals surface area (Å²) in [4.78, 5) is 2.12. The third-order valence-electron chi connectivity index (χ3n) is 3.46. The lowest BCUT2D eigenvalue weighted by Gasteiger charge is -2.28. The van der Waals surface area contributed by atoms with Gasteiger partial charge in [0, 0.05) is 12.2 Å². The second-order valence-corrected chi connectivity index (χ2v) is 4.44. The van der Waals surface area contributed by atoms with Crippen molar-refractivity contribution in [3.8, 4) is 18.2 Å². The van der Waals surface area contributed by atoms with Crippen LogP contribution < -0.4 is 5.32 Å². The molecule has 1 unspecified atom stereocenters. The van der Waals surface area contributed by atoms with Crippen molar-refractivity contribution in [1.29, 1.82) is 15.8 Å². The van der Waals surface area contributed by atoms with Crippen LogP contribution in [0.1, 0.15) is 26.7 Å². The molecular weight excluding hydrogens is 238 g/mol. The molecule has 1 fully saturated rings. The highest BCUT2D eigenvalue weighted by Gasteiger charge is 2.25. The first-order chi connectivity index (χ1) is 9.10. The van der Waals surface area contributed by atoms with Gasteiger partial charge in [0.2, 0.25) is 0 Å². The summed E-state index contributed by atoms with van der Waals surface area (Å²) >= 11 is 0. The van der Waals surface area contributed by atoms with Gasteiger partial charge in [0.25, 0.3) is 0 Å². The van der Waals surface area contributed by atoms with E-state index >= 15 is 0 Å². The Balaban J connectivity index is 3.26. The summed E-state index contributed by atoms with van der Waals surface area (Å²) in [5, 5.41) is 30.3. The number of likely N-dealkylation sites (tertiary alicyclic amines) is 1. The summed E-state index contributed by atoms with van der Waals surface area (Å²) in [6, 6.07) is 5.79. The van der Waals surface area contributed by atoms with Gasteiger partial charge in [-0.2, -0.15) is 15.8 Å². The maximum absolute atomic E-state index is 9.32. The Morgan fingerprint density at radius 2 is 1.79 bits per heavy atom. The molecule has 0 saturated carbocycles. The van der Waals surface area contributed by atoms with Crippen molar-refractivity contribution in [2.24, 2.45) is 0 Å². The number of rotatable bonds is 3. The van der Waals surface area contributed by atoms with Crippen LogP contribution in [0.15, 0.2) is 22.4 Å². The molecular formula is C14H17N5. The van der Waals surface area contributed by atoms with Gasteiger partial charge in [0.1, 0.15) is 23.8 Å². The number of hydrogen-bond donors (Lipinski definition) is 1. The van der Waals surface area contributed by atoms with E-state index < -0.39 is 0 Å². The molecule has 5 heteroatoms. The minimum absolute atomic E-state index is 0.00361. The van der Waals surface area contributed by atoms with E-state index in [4.69, 9.17) is 10.5 Å². The minimum Gasteiger partial charge on any atom is -0.358 e. The molecule has 1 heterocycles. The Kier molecular flexibility index (Phi) is 5.12. The molecule has 0 aromatic heterocycles. The van der Waals surface area contributed by atoms with Crippen LogP contribution in [0.2, 0.25) is 0 Å². The number of allylic oxidation sites excluding steroid dienone is 4. The number of hydrogen-bond acceptors (Lipinski definition) is 5. The van der Waals surface area contributed by atoms with Crippen LogP contribution in [-0.2, 0) is 0 Å². The largest absolute Gasteiger partial charge is 0.358 e. The third-order valence-corrected chi connectivity index (χ3v) is 3.46. The summed E-state index contributed by atoms with van der Waals surface area (Å²) in [6.45, 7) is 4.39. The first-order valence-electron chi connectivity index (χ1n) is 6.17. The molecule has 0 spiro atoms. The van der Waals surface area contributed by atoms with Crippen LogP contribution in [0, 0.1) is 34.0 Å². The van der Waals surface area contributed by atoms with E-state index in [1.54, 1.807) is 6.92 Å². The van der Waals surface area contributed by atoms with Gasteiger partial charge >= 0.3 is 0 Å². The quantitative estimate of drug-likeness (QED) is 0.613. The highest BCUT2D eigenvalue weighted by molar-refractivity contribution is 5.54. The van der Waals surface area contributed by atoms with Crippen LogP contribution >= 0.6 is 0 Å². The van der Waals surface area contributed by atoms with Gasteiger partial charge in [0.15, 0.2) is 0 Å². The summed E-state index contributed by atoms with van der Waals surface area (Å²) in [7, 11) is 1.89. The van der Waals surface area contributed by atoms with Gasteiger partial charge in [-0.1, -0.05) is 0 Å². The zero-order valence-electron chi connectivity index (χ0n) is 11.5. The number of nitriles is 3. The molecule has 0 amide bonds. The van der Waals surface area contributed by atoms with Crippen molar-refractivity contribution < 1.29 is 0 Å². The zero-order chi connectivity index (χ0) is 14.4. The molecule has 0 radical (unpaired) electrons. The Morgan fingerprint density at radius 1 is 1.16 bits per heavy atom. The fourth-order valence-electron chi connectivity index (χ4n) is 2.37.